The van der Waals surface area contributed by atoms with Gasteiger partial charge in [0.2, 0.25) is 65.0 Å². The maximum atomic E-state index is 13.7. The van der Waals surface area contributed by atoms with Gasteiger partial charge in [-0.05, 0) is 63.9 Å². The van der Waals surface area contributed by atoms with Crippen molar-refractivity contribution in [1.29, 1.82) is 0 Å². The topological polar surface area (TPSA) is 546 Å². The molecule has 0 aromatic rings. The second-order valence-corrected chi connectivity index (χ2v) is 19.4. The third-order valence-electron chi connectivity index (χ3n) is 10.7. The minimum absolute atomic E-state index is 0.00299. The molecule has 0 heterocycles. The number of hydrogen-bond acceptors (Lipinski definition) is 19. The van der Waals surface area contributed by atoms with Gasteiger partial charge in [-0.3, -0.25) is 67.5 Å². The Morgan fingerprint density at radius 2 is 0.962 bits per heavy atom. The van der Waals surface area contributed by atoms with E-state index in [0.717, 1.165) is 6.92 Å². The molecule has 78 heavy (non-hydrogen) atoms. The van der Waals surface area contributed by atoms with Crippen molar-refractivity contribution in [2.75, 3.05) is 49.7 Å². The zero-order valence-electron chi connectivity index (χ0n) is 44.0. The molecule has 0 radical (unpaired) electrons. The summed E-state index contributed by atoms with van der Waals surface area (Å²) < 4.78 is 0. The normalized spacial score (nSPS) is 14.7. The van der Waals surface area contributed by atoms with Gasteiger partial charge in [-0.15, -0.1) is 0 Å². The Labute approximate surface area is 465 Å². The highest BCUT2D eigenvalue weighted by molar-refractivity contribution is 7.98. The predicted octanol–water partition coefficient (Wildman–Crippen LogP) is -8.84. The fraction of sp³-hybridized carbons (Fsp3) is 0.674. The number of primary amides is 1. The monoisotopic (exact) mass is 1170 g/mol. The van der Waals surface area contributed by atoms with Crippen LogP contribution < -0.4 is 87.6 Å². The van der Waals surface area contributed by atoms with Crippen molar-refractivity contribution < 1.29 is 67.7 Å². The number of aliphatic hydroxyl groups is 1. The van der Waals surface area contributed by atoms with Crippen LogP contribution in [0.4, 0.5) is 0 Å². The third kappa shape index (κ3) is 29.0. The number of rotatable bonds is 38. The van der Waals surface area contributed by atoms with E-state index in [2.05, 4.69) is 88.4 Å². The summed E-state index contributed by atoms with van der Waals surface area (Å²) in [5.74, 6) is -12.8. The highest BCUT2D eigenvalue weighted by Crippen LogP contribution is 2.08. The summed E-state index contributed by atoms with van der Waals surface area (Å²) in [6.07, 6.45) is -0.445. The molecule has 0 aromatic carbocycles. The summed E-state index contributed by atoms with van der Waals surface area (Å²) in [7, 11) is 0. The highest BCUT2D eigenvalue weighted by atomic mass is 32.2. The number of carboxylic acids is 1. The molecule has 0 unspecified atom stereocenters. The molecule has 442 valence electrons. The number of amides is 11. The maximum absolute atomic E-state index is 13.7. The number of nitrogens with two attached hydrogens (primary N) is 6. The standard InChI is InChI=1S/C43H78N18O14S3/c1-19(2)31(39(72)56-24(9-7-12-51-43(48)49)36(69)54-20(3)41(74)75)60-30(65)16-52-34(67)25(10-13-78-5)57-40(73)32(21(4)62)61-38(71)27(18-77)59-37(70)23(8-6-11-50-42(46)47)55-29(64)15-53-35(68)26(14-28(45)63)58-33(66)22(44)17-76/h19-27,31-32,62,76-77H,6-18,44H2,1-5H3,(H2,45,63)(H,52,67)(H,53,68)(H,54,69)(H,55,64)(H,56,72)(H,57,73)(H,58,66)(H,59,70)(H,60,65)(H,61,71)(H,74,75)(H4,46,47,50)(H4,48,49,51)/t20-,21+,22-,23-,24-,25-,26-,27-,31-,32-/m0/s1. The first-order valence-electron chi connectivity index (χ1n) is 24.2. The zero-order valence-corrected chi connectivity index (χ0v) is 46.6. The molecule has 32 nitrogen and oxygen atoms in total. The fourth-order valence-electron chi connectivity index (χ4n) is 6.43. The average molecular weight is 1170 g/mol. The van der Waals surface area contributed by atoms with E-state index in [1.807, 2.05) is 0 Å². The summed E-state index contributed by atoms with van der Waals surface area (Å²) in [4.78, 5) is 163. The van der Waals surface area contributed by atoms with Gasteiger partial charge in [0.05, 0.1) is 31.7 Å². The molecule has 0 bridgehead atoms. The quantitative estimate of drug-likeness (QED) is 0.0118. The first kappa shape index (κ1) is 71.1. The molecule has 0 aliphatic carbocycles. The molecular weight excluding hydrogens is 1090 g/mol. The number of guanidine groups is 2. The number of aliphatic imine (C=N–C) groups is 2. The number of carbonyl (C=O) groups is 12. The molecule has 0 aliphatic rings. The van der Waals surface area contributed by atoms with Gasteiger partial charge in [-0.25, -0.2) is 0 Å². The lowest BCUT2D eigenvalue weighted by molar-refractivity contribution is -0.142. The van der Waals surface area contributed by atoms with Crippen LogP contribution in [0.1, 0.15) is 66.2 Å². The second kappa shape index (κ2) is 37.8. The van der Waals surface area contributed by atoms with E-state index in [0.29, 0.717) is 5.75 Å². The van der Waals surface area contributed by atoms with Gasteiger partial charge < -0.3 is 97.8 Å². The number of aliphatic carboxylic acids is 1. The molecule has 24 N–H and O–H groups in total. The van der Waals surface area contributed by atoms with E-state index < -0.39 is 163 Å². The molecule has 11 amide bonds. The Hall–Kier alpha value is -6.85. The fourth-order valence-corrected chi connectivity index (χ4v) is 7.33. The van der Waals surface area contributed by atoms with Crippen LogP contribution in [-0.4, -0.2) is 203 Å². The van der Waals surface area contributed by atoms with E-state index in [4.69, 9.17) is 34.4 Å². The number of carbonyl (C=O) groups excluding carboxylic acids is 11. The van der Waals surface area contributed by atoms with Gasteiger partial charge in [0.1, 0.15) is 48.3 Å². The zero-order chi connectivity index (χ0) is 59.8. The van der Waals surface area contributed by atoms with Crippen LogP contribution in [0.25, 0.3) is 0 Å². The average Bonchev–Trinajstić information content (AvgIpc) is 3.36. The highest BCUT2D eigenvalue weighted by Gasteiger charge is 2.35. The first-order chi connectivity index (χ1) is 36.5. The summed E-state index contributed by atoms with van der Waals surface area (Å²) in [5.41, 5.74) is 32.4. The molecular formula is C43H78N18O14S3. The molecule has 0 rings (SSSR count). The molecule has 0 saturated heterocycles. The SMILES string of the molecule is CSCC[C@H](NC(=O)[C@@H](NC(=O)[C@H](CS)NC(=O)[C@H](CCCN=C(N)N)NC(=O)CNC(=O)[C@H](CC(N)=O)NC(=O)[C@@H](N)CS)[C@@H](C)O)C(=O)NCC(=O)N[C@H](C(=O)N[C@@H](CCCN=C(N)N)C(=O)N[C@@H](C)C(=O)O)C(C)C. The molecule has 35 heteroatoms. The van der Waals surface area contributed by atoms with Crippen LogP contribution in [0.15, 0.2) is 9.98 Å². The van der Waals surface area contributed by atoms with Crippen LogP contribution in [0.3, 0.4) is 0 Å². The van der Waals surface area contributed by atoms with Crippen LogP contribution in [0.5, 0.6) is 0 Å². The molecule has 0 aromatic heterocycles. The minimum Gasteiger partial charge on any atom is -0.480 e. The van der Waals surface area contributed by atoms with Gasteiger partial charge in [0, 0.05) is 24.6 Å². The van der Waals surface area contributed by atoms with Gasteiger partial charge in [0.25, 0.3) is 0 Å². The summed E-state index contributed by atoms with van der Waals surface area (Å²) in [6.45, 7) is 4.14. The number of carboxylic acid groups (broad SMARTS) is 1. The van der Waals surface area contributed by atoms with E-state index >= 15 is 0 Å². The smallest absolute Gasteiger partial charge is 0.325 e. The lowest BCUT2D eigenvalue weighted by atomic mass is 10.0. The number of thioether (sulfide) groups is 1. The Bertz CT molecular complexity index is 2130. The minimum atomic E-state index is -1.75. The van der Waals surface area contributed by atoms with Crippen molar-refractivity contribution in [2.24, 2.45) is 50.3 Å². The molecule has 0 aliphatic heterocycles. The van der Waals surface area contributed by atoms with Crippen LogP contribution >= 0.6 is 37.0 Å². The summed E-state index contributed by atoms with van der Waals surface area (Å²) >= 11 is 9.37. The summed E-state index contributed by atoms with van der Waals surface area (Å²) in [6, 6.07) is -12.6. The number of nitrogens with one attached hydrogen (secondary N) is 10. The predicted molar refractivity (Wildman–Crippen MR) is 294 cm³/mol. The van der Waals surface area contributed by atoms with E-state index in [-0.39, 0.29) is 62.9 Å². The van der Waals surface area contributed by atoms with E-state index in [1.165, 1.54) is 18.7 Å². The maximum Gasteiger partial charge on any atom is 0.325 e. The lowest BCUT2D eigenvalue weighted by Crippen LogP contribution is -2.61. The van der Waals surface area contributed by atoms with Gasteiger partial charge in [-0.1, -0.05) is 13.8 Å². The Morgan fingerprint density at radius 3 is 1.41 bits per heavy atom. The largest absolute Gasteiger partial charge is 0.480 e. The number of hydrogen-bond donors (Lipinski definition) is 20. The van der Waals surface area contributed by atoms with Crippen LogP contribution in [-0.2, 0) is 57.5 Å². The van der Waals surface area contributed by atoms with E-state index in [1.54, 1.807) is 20.1 Å². The van der Waals surface area contributed by atoms with Crippen molar-refractivity contribution in [3.8, 4) is 0 Å². The lowest BCUT2D eigenvalue weighted by Gasteiger charge is -2.27. The van der Waals surface area contributed by atoms with Crippen molar-refractivity contribution in [1.82, 2.24) is 53.2 Å². The van der Waals surface area contributed by atoms with Crippen molar-refractivity contribution in [2.45, 2.75) is 127 Å². The number of nitrogens with zero attached hydrogens (tertiary/aromatic N) is 2. The molecule has 0 fully saturated rings. The number of aliphatic hydroxyl groups excluding tert-OH is 1. The Balaban J connectivity index is 6.12. The van der Waals surface area contributed by atoms with Gasteiger partial charge in [-0.2, -0.15) is 37.0 Å². The van der Waals surface area contributed by atoms with E-state index in [9.17, 15) is 67.7 Å². The Kier molecular flexibility index (Phi) is 34.5. The molecule has 0 saturated carbocycles. The first-order valence-corrected chi connectivity index (χ1v) is 26.9. The molecule has 10 atom stereocenters. The van der Waals surface area contributed by atoms with Crippen molar-refractivity contribution >= 4 is 120 Å². The second-order valence-electron chi connectivity index (χ2n) is 17.7. The van der Waals surface area contributed by atoms with Gasteiger partial charge in [0.15, 0.2) is 11.9 Å². The van der Waals surface area contributed by atoms with Crippen LogP contribution in [0.2, 0.25) is 0 Å². The molecule has 0 spiro atoms. The Morgan fingerprint density at radius 1 is 0.526 bits per heavy atom. The summed E-state index contributed by atoms with van der Waals surface area (Å²) in [5, 5.41) is 43.7. The van der Waals surface area contributed by atoms with Crippen LogP contribution in [0, 0.1) is 5.92 Å². The van der Waals surface area contributed by atoms with Crippen molar-refractivity contribution in [3.05, 3.63) is 0 Å². The third-order valence-corrected chi connectivity index (χ3v) is 12.1. The van der Waals surface area contributed by atoms with Gasteiger partial charge >= 0.3 is 5.97 Å². The van der Waals surface area contributed by atoms with Crippen molar-refractivity contribution in [3.63, 3.8) is 0 Å². The number of thiol groups is 2.